The molecule has 88 valence electrons. The highest BCUT2D eigenvalue weighted by atomic mass is 35.5. The van der Waals surface area contributed by atoms with E-state index in [4.69, 9.17) is 22.1 Å². The molecule has 16 heavy (non-hydrogen) atoms. The van der Waals surface area contributed by atoms with Gasteiger partial charge in [-0.2, -0.15) is 0 Å². The summed E-state index contributed by atoms with van der Waals surface area (Å²) in [7, 11) is 0. The Morgan fingerprint density at radius 3 is 2.88 bits per heavy atom. The normalized spacial score (nSPS) is 10.2. The van der Waals surface area contributed by atoms with Gasteiger partial charge in [0.15, 0.2) is 0 Å². The van der Waals surface area contributed by atoms with Crippen molar-refractivity contribution in [2.24, 2.45) is 5.73 Å². The molecular weight excluding hydrogens is 222 g/mol. The lowest BCUT2D eigenvalue weighted by atomic mass is 10.1. The maximum atomic E-state index is 6.10. The highest BCUT2D eigenvalue weighted by Gasteiger charge is 2.07. The van der Waals surface area contributed by atoms with Crippen molar-refractivity contribution in [3.05, 3.63) is 40.9 Å². The fourth-order valence-electron chi connectivity index (χ4n) is 1.34. The smallest absolute Gasteiger partial charge is 0.124 e. The van der Waals surface area contributed by atoms with Crippen LogP contribution in [0.2, 0.25) is 5.02 Å². The van der Waals surface area contributed by atoms with Gasteiger partial charge in [0.25, 0.3) is 0 Å². The average molecular weight is 240 g/mol. The first-order valence-electron chi connectivity index (χ1n) is 5.46. The molecule has 0 fully saturated rings. The number of hydrogen-bond acceptors (Lipinski definition) is 2. The van der Waals surface area contributed by atoms with E-state index in [-0.39, 0.29) is 0 Å². The van der Waals surface area contributed by atoms with Crippen LogP contribution in [0.3, 0.4) is 0 Å². The van der Waals surface area contributed by atoms with Crippen molar-refractivity contribution >= 4 is 11.6 Å². The second-order valence-corrected chi connectivity index (χ2v) is 4.05. The molecule has 1 aromatic rings. The van der Waals surface area contributed by atoms with E-state index in [0.717, 1.165) is 29.7 Å². The van der Waals surface area contributed by atoms with Gasteiger partial charge in [-0.15, -0.1) is 0 Å². The van der Waals surface area contributed by atoms with Crippen LogP contribution >= 0.6 is 11.6 Å². The van der Waals surface area contributed by atoms with Crippen LogP contribution in [0.25, 0.3) is 0 Å². The summed E-state index contributed by atoms with van der Waals surface area (Å²) in [5.41, 5.74) is 7.60. The molecule has 0 amide bonds. The number of nitrogens with two attached hydrogens (primary N) is 1. The molecule has 0 atom stereocenters. The van der Waals surface area contributed by atoms with Crippen molar-refractivity contribution in [2.45, 2.75) is 19.8 Å². The van der Waals surface area contributed by atoms with E-state index in [1.807, 2.05) is 18.2 Å². The molecule has 1 rings (SSSR count). The van der Waals surface area contributed by atoms with Crippen LogP contribution in [0.4, 0.5) is 0 Å². The van der Waals surface area contributed by atoms with E-state index < -0.39 is 0 Å². The molecule has 0 saturated carbocycles. The summed E-state index contributed by atoms with van der Waals surface area (Å²) < 4.78 is 5.68. The Balaban J connectivity index is 2.78. The molecule has 0 bridgehead atoms. The van der Waals surface area contributed by atoms with Gasteiger partial charge in [0.05, 0.1) is 0 Å². The van der Waals surface area contributed by atoms with Gasteiger partial charge in [-0.1, -0.05) is 31.2 Å². The van der Waals surface area contributed by atoms with Crippen molar-refractivity contribution in [3.63, 3.8) is 0 Å². The number of rotatable bonds is 6. The topological polar surface area (TPSA) is 35.2 Å². The lowest BCUT2D eigenvalue weighted by Gasteiger charge is -2.12. The molecule has 1 aromatic carbocycles. The van der Waals surface area contributed by atoms with Gasteiger partial charge in [0.2, 0.25) is 0 Å². The molecule has 0 spiro atoms. The van der Waals surface area contributed by atoms with Crippen LogP contribution in [0.5, 0.6) is 5.75 Å². The summed E-state index contributed by atoms with van der Waals surface area (Å²) in [5.74, 6) is 0.813. The summed E-state index contributed by atoms with van der Waals surface area (Å²) in [6, 6.07) is 5.65. The molecule has 2 N–H and O–H groups in total. The monoisotopic (exact) mass is 239 g/mol. The van der Waals surface area contributed by atoms with Crippen LogP contribution in [0, 0.1) is 0 Å². The van der Waals surface area contributed by atoms with Gasteiger partial charge in [-0.25, -0.2) is 0 Å². The standard InChI is InChI=1S/C13H18ClNO/c1-3-10(2)9-16-13-6-4-5-12(14)11(13)7-8-15/h4-6H,2-3,7-9,15H2,1H3. The largest absolute Gasteiger partial charge is 0.489 e. The molecule has 0 aliphatic heterocycles. The third-order valence-corrected chi connectivity index (χ3v) is 2.76. The van der Waals surface area contributed by atoms with E-state index in [1.165, 1.54) is 0 Å². The quantitative estimate of drug-likeness (QED) is 0.774. The Morgan fingerprint density at radius 2 is 2.25 bits per heavy atom. The van der Waals surface area contributed by atoms with Crippen LogP contribution < -0.4 is 10.5 Å². The molecule has 2 nitrogen and oxygen atoms in total. The summed E-state index contributed by atoms with van der Waals surface area (Å²) >= 11 is 6.10. The minimum absolute atomic E-state index is 0.536. The third kappa shape index (κ3) is 3.54. The van der Waals surface area contributed by atoms with Crippen molar-refractivity contribution < 1.29 is 4.74 Å². The average Bonchev–Trinajstić information content (AvgIpc) is 2.29. The highest BCUT2D eigenvalue weighted by molar-refractivity contribution is 6.31. The van der Waals surface area contributed by atoms with Gasteiger partial charge in [0, 0.05) is 10.6 Å². The lowest BCUT2D eigenvalue weighted by Crippen LogP contribution is -2.07. The van der Waals surface area contributed by atoms with Crippen molar-refractivity contribution in [1.82, 2.24) is 0 Å². The predicted molar refractivity (Wildman–Crippen MR) is 69.1 cm³/mol. The number of halogens is 1. The Kier molecular flexibility index (Phi) is 5.36. The summed E-state index contributed by atoms with van der Waals surface area (Å²) in [6.07, 6.45) is 1.65. The summed E-state index contributed by atoms with van der Waals surface area (Å²) in [6.45, 7) is 7.06. The van der Waals surface area contributed by atoms with Crippen molar-refractivity contribution in [2.75, 3.05) is 13.2 Å². The minimum atomic E-state index is 0.536. The maximum Gasteiger partial charge on any atom is 0.124 e. The maximum absolute atomic E-state index is 6.10. The molecule has 3 heteroatoms. The first kappa shape index (κ1) is 13.1. The predicted octanol–water partition coefficient (Wildman–Crippen LogP) is 3.19. The SMILES string of the molecule is C=C(CC)COc1cccc(Cl)c1CCN. The minimum Gasteiger partial charge on any atom is -0.489 e. The number of hydrogen-bond donors (Lipinski definition) is 1. The fourth-order valence-corrected chi connectivity index (χ4v) is 1.60. The molecule has 0 aliphatic carbocycles. The third-order valence-electron chi connectivity index (χ3n) is 2.40. The fraction of sp³-hybridized carbons (Fsp3) is 0.385. The second kappa shape index (κ2) is 6.56. The van der Waals surface area contributed by atoms with E-state index in [1.54, 1.807) is 0 Å². The van der Waals surface area contributed by atoms with E-state index >= 15 is 0 Å². The van der Waals surface area contributed by atoms with E-state index in [9.17, 15) is 0 Å². The summed E-state index contributed by atoms with van der Waals surface area (Å²) in [5, 5.41) is 0.713. The van der Waals surface area contributed by atoms with Crippen molar-refractivity contribution in [3.8, 4) is 5.75 Å². The van der Waals surface area contributed by atoms with Crippen LogP contribution in [-0.4, -0.2) is 13.2 Å². The van der Waals surface area contributed by atoms with Crippen molar-refractivity contribution in [1.29, 1.82) is 0 Å². The Morgan fingerprint density at radius 1 is 1.50 bits per heavy atom. The van der Waals surface area contributed by atoms with Gasteiger partial charge < -0.3 is 10.5 Å². The molecule has 0 unspecified atom stereocenters. The lowest BCUT2D eigenvalue weighted by molar-refractivity contribution is 0.345. The van der Waals surface area contributed by atoms with E-state index in [0.29, 0.717) is 18.2 Å². The number of ether oxygens (including phenoxy) is 1. The van der Waals surface area contributed by atoms with E-state index in [2.05, 4.69) is 13.5 Å². The molecule has 0 aliphatic rings. The first-order valence-corrected chi connectivity index (χ1v) is 5.83. The van der Waals surface area contributed by atoms with Gasteiger partial charge in [-0.05, 0) is 37.1 Å². The highest BCUT2D eigenvalue weighted by Crippen LogP contribution is 2.27. The van der Waals surface area contributed by atoms with Crippen LogP contribution in [0.15, 0.2) is 30.4 Å². The van der Waals surface area contributed by atoms with Gasteiger partial charge in [-0.3, -0.25) is 0 Å². The Labute approximate surface area is 102 Å². The van der Waals surface area contributed by atoms with Crippen LogP contribution in [0.1, 0.15) is 18.9 Å². The summed E-state index contributed by atoms with van der Waals surface area (Å²) in [4.78, 5) is 0. The second-order valence-electron chi connectivity index (χ2n) is 3.65. The zero-order chi connectivity index (χ0) is 12.0. The van der Waals surface area contributed by atoms with Gasteiger partial charge in [0.1, 0.15) is 12.4 Å². The molecule has 0 saturated heterocycles. The molecular formula is C13H18ClNO. The first-order chi connectivity index (χ1) is 7.69. The number of benzene rings is 1. The molecule has 0 radical (unpaired) electrons. The van der Waals surface area contributed by atoms with Gasteiger partial charge >= 0.3 is 0 Å². The zero-order valence-corrected chi connectivity index (χ0v) is 10.4. The zero-order valence-electron chi connectivity index (χ0n) is 9.63. The Hall–Kier alpha value is -0.990. The molecule has 0 heterocycles. The molecule has 0 aromatic heterocycles. The van der Waals surface area contributed by atoms with Crippen LogP contribution in [-0.2, 0) is 6.42 Å². The Bertz CT molecular complexity index is 363.